The smallest absolute Gasteiger partial charge is 0.231 e. The highest BCUT2D eigenvalue weighted by Crippen LogP contribution is 2.23. The molecule has 0 heterocycles. The molecule has 0 N–H and O–H groups in total. The van der Waals surface area contributed by atoms with Crippen molar-refractivity contribution in [1.29, 1.82) is 0 Å². The number of amides is 1. The van der Waals surface area contributed by atoms with Gasteiger partial charge < -0.3 is 0 Å². The molecular formula is C12H15ClN2O. The Morgan fingerprint density at radius 3 is 2.75 bits per heavy atom. The Bertz CT molecular complexity index is 415. The van der Waals surface area contributed by atoms with E-state index in [4.69, 9.17) is 11.6 Å². The van der Waals surface area contributed by atoms with Crippen LogP contribution in [-0.4, -0.2) is 19.3 Å². The highest BCUT2D eigenvalue weighted by Gasteiger charge is 2.13. The summed E-state index contributed by atoms with van der Waals surface area (Å²) in [5.41, 5.74) is 1.77. The van der Waals surface area contributed by atoms with Crippen molar-refractivity contribution < 1.29 is 4.79 Å². The zero-order valence-electron chi connectivity index (χ0n) is 9.70. The van der Waals surface area contributed by atoms with Gasteiger partial charge in [-0.3, -0.25) is 14.7 Å². The monoisotopic (exact) mass is 238 g/mol. The van der Waals surface area contributed by atoms with Crippen LogP contribution in [0.15, 0.2) is 23.2 Å². The van der Waals surface area contributed by atoms with Crippen molar-refractivity contribution in [2.45, 2.75) is 20.3 Å². The van der Waals surface area contributed by atoms with Gasteiger partial charge in [-0.15, -0.1) is 0 Å². The van der Waals surface area contributed by atoms with Crippen LogP contribution in [0.4, 0.5) is 5.69 Å². The molecule has 0 aliphatic heterocycles. The van der Waals surface area contributed by atoms with Gasteiger partial charge in [-0.05, 0) is 30.7 Å². The molecule has 0 spiro atoms. The maximum absolute atomic E-state index is 11.7. The predicted molar refractivity (Wildman–Crippen MR) is 68.4 cm³/mol. The van der Waals surface area contributed by atoms with Crippen LogP contribution in [0, 0.1) is 6.92 Å². The minimum Gasteiger partial charge on any atom is -0.278 e. The van der Waals surface area contributed by atoms with E-state index in [-0.39, 0.29) is 5.91 Å². The lowest BCUT2D eigenvalue weighted by Crippen LogP contribution is -2.29. The van der Waals surface area contributed by atoms with E-state index in [9.17, 15) is 4.79 Å². The Balaban J connectivity index is 3.15. The molecule has 86 valence electrons. The molecule has 1 rings (SSSR count). The zero-order chi connectivity index (χ0) is 12.1. The van der Waals surface area contributed by atoms with Crippen LogP contribution >= 0.6 is 11.6 Å². The molecular weight excluding hydrogens is 224 g/mol. The Hall–Kier alpha value is -1.35. The van der Waals surface area contributed by atoms with Gasteiger partial charge >= 0.3 is 0 Å². The molecule has 0 aliphatic rings. The number of nitrogens with zero attached hydrogens (tertiary/aromatic N) is 2. The van der Waals surface area contributed by atoms with Crippen LogP contribution in [-0.2, 0) is 4.79 Å². The molecule has 0 radical (unpaired) electrons. The normalized spacial score (nSPS) is 10.8. The standard InChI is InChI=1S/C12H15ClN2O/c1-4-12(16)15(8-14-3)11-6-5-10(13)7-9(11)2/h5-8H,4H2,1-3H3. The van der Waals surface area contributed by atoms with Crippen LogP contribution in [0.25, 0.3) is 0 Å². The van der Waals surface area contributed by atoms with Gasteiger partial charge in [0.05, 0.1) is 12.0 Å². The molecule has 1 aromatic carbocycles. The second-order valence-electron chi connectivity index (χ2n) is 3.42. The molecule has 0 fully saturated rings. The predicted octanol–water partition coefficient (Wildman–Crippen LogP) is 3.05. The van der Waals surface area contributed by atoms with E-state index in [1.54, 1.807) is 18.0 Å². The summed E-state index contributed by atoms with van der Waals surface area (Å²) in [6, 6.07) is 5.42. The Morgan fingerprint density at radius 1 is 1.56 bits per heavy atom. The van der Waals surface area contributed by atoms with Crippen molar-refractivity contribution in [3.8, 4) is 0 Å². The van der Waals surface area contributed by atoms with Gasteiger partial charge in [0.1, 0.15) is 0 Å². The van der Waals surface area contributed by atoms with E-state index in [0.29, 0.717) is 11.4 Å². The van der Waals surface area contributed by atoms with Crippen LogP contribution in [0.5, 0.6) is 0 Å². The summed E-state index contributed by atoms with van der Waals surface area (Å²) in [7, 11) is 1.64. The molecule has 1 aromatic rings. The summed E-state index contributed by atoms with van der Waals surface area (Å²) in [6.07, 6.45) is 1.97. The van der Waals surface area contributed by atoms with Crippen molar-refractivity contribution in [3.63, 3.8) is 0 Å². The largest absolute Gasteiger partial charge is 0.278 e. The number of benzene rings is 1. The first-order chi connectivity index (χ1) is 7.60. The first-order valence-corrected chi connectivity index (χ1v) is 5.48. The first-order valence-electron chi connectivity index (χ1n) is 5.10. The molecule has 4 heteroatoms. The van der Waals surface area contributed by atoms with E-state index >= 15 is 0 Å². The minimum atomic E-state index is 0.0102. The summed E-state index contributed by atoms with van der Waals surface area (Å²) in [5, 5.41) is 0.665. The fourth-order valence-corrected chi connectivity index (χ4v) is 1.66. The third-order valence-electron chi connectivity index (χ3n) is 2.22. The number of aliphatic imine (C=N–C) groups is 1. The number of aryl methyl sites for hydroxylation is 1. The minimum absolute atomic E-state index is 0.0102. The molecule has 0 aliphatic carbocycles. The average Bonchev–Trinajstić information content (AvgIpc) is 2.26. The lowest BCUT2D eigenvalue weighted by atomic mass is 10.2. The highest BCUT2D eigenvalue weighted by molar-refractivity contribution is 6.30. The number of hydrogen-bond acceptors (Lipinski definition) is 2. The lowest BCUT2D eigenvalue weighted by Gasteiger charge is -2.19. The number of carbonyl (C=O) groups is 1. The van der Waals surface area contributed by atoms with Gasteiger partial charge in [0.25, 0.3) is 0 Å². The van der Waals surface area contributed by atoms with Gasteiger partial charge in [0.2, 0.25) is 5.91 Å². The SMILES string of the molecule is CCC(=O)N(C=NC)c1ccc(Cl)cc1C. The Kier molecular flexibility index (Phi) is 4.50. The molecule has 0 saturated carbocycles. The molecule has 0 unspecified atom stereocenters. The second kappa shape index (κ2) is 5.66. The maximum Gasteiger partial charge on any atom is 0.231 e. The highest BCUT2D eigenvalue weighted by atomic mass is 35.5. The van der Waals surface area contributed by atoms with Gasteiger partial charge in [0, 0.05) is 18.5 Å². The second-order valence-corrected chi connectivity index (χ2v) is 3.86. The first kappa shape index (κ1) is 12.7. The number of carbonyl (C=O) groups excluding carboxylic acids is 1. The van der Waals surface area contributed by atoms with Crippen molar-refractivity contribution in [3.05, 3.63) is 28.8 Å². The van der Waals surface area contributed by atoms with E-state index < -0.39 is 0 Å². The summed E-state index contributed by atoms with van der Waals surface area (Å²) in [4.78, 5) is 17.2. The number of hydrogen-bond donors (Lipinski definition) is 0. The Morgan fingerprint density at radius 2 is 2.25 bits per heavy atom. The summed E-state index contributed by atoms with van der Waals surface area (Å²) < 4.78 is 0. The van der Waals surface area contributed by atoms with Crippen molar-refractivity contribution >= 4 is 29.5 Å². The maximum atomic E-state index is 11.7. The third-order valence-corrected chi connectivity index (χ3v) is 2.46. The van der Waals surface area contributed by atoms with E-state index in [1.807, 2.05) is 26.0 Å². The zero-order valence-corrected chi connectivity index (χ0v) is 10.5. The van der Waals surface area contributed by atoms with Crippen LogP contribution in [0.1, 0.15) is 18.9 Å². The fourth-order valence-electron chi connectivity index (χ4n) is 1.44. The molecule has 0 atom stereocenters. The van der Waals surface area contributed by atoms with Crippen molar-refractivity contribution in [1.82, 2.24) is 0 Å². The van der Waals surface area contributed by atoms with Crippen LogP contribution < -0.4 is 4.90 Å². The molecule has 0 saturated heterocycles. The molecule has 0 aromatic heterocycles. The molecule has 0 bridgehead atoms. The molecule has 1 amide bonds. The topological polar surface area (TPSA) is 32.7 Å². The molecule has 3 nitrogen and oxygen atoms in total. The fraction of sp³-hybridized carbons (Fsp3) is 0.333. The summed E-state index contributed by atoms with van der Waals surface area (Å²) in [5.74, 6) is 0.0102. The van der Waals surface area contributed by atoms with Gasteiger partial charge in [-0.1, -0.05) is 18.5 Å². The number of anilines is 1. The van der Waals surface area contributed by atoms with E-state index in [0.717, 1.165) is 11.3 Å². The van der Waals surface area contributed by atoms with E-state index in [2.05, 4.69) is 4.99 Å². The lowest BCUT2D eigenvalue weighted by molar-refractivity contribution is -0.117. The van der Waals surface area contributed by atoms with E-state index in [1.165, 1.54) is 6.34 Å². The number of halogens is 1. The average molecular weight is 239 g/mol. The van der Waals surface area contributed by atoms with Crippen LogP contribution in [0.3, 0.4) is 0 Å². The van der Waals surface area contributed by atoms with Gasteiger partial charge in [0.15, 0.2) is 0 Å². The summed E-state index contributed by atoms with van der Waals surface area (Å²) >= 11 is 5.88. The molecule has 16 heavy (non-hydrogen) atoms. The van der Waals surface area contributed by atoms with Crippen molar-refractivity contribution in [2.75, 3.05) is 11.9 Å². The Labute approximate surface area is 101 Å². The van der Waals surface area contributed by atoms with Gasteiger partial charge in [-0.2, -0.15) is 0 Å². The quantitative estimate of drug-likeness (QED) is 0.589. The van der Waals surface area contributed by atoms with Gasteiger partial charge in [-0.25, -0.2) is 0 Å². The summed E-state index contributed by atoms with van der Waals surface area (Å²) in [6.45, 7) is 3.74. The number of rotatable bonds is 3. The third kappa shape index (κ3) is 2.83. The van der Waals surface area contributed by atoms with Crippen LogP contribution in [0.2, 0.25) is 5.02 Å². The van der Waals surface area contributed by atoms with Crippen molar-refractivity contribution in [2.24, 2.45) is 4.99 Å².